The van der Waals surface area contributed by atoms with Gasteiger partial charge in [0.1, 0.15) is 5.75 Å². The lowest BCUT2D eigenvalue weighted by atomic mass is 10.1. The molecular weight excluding hydrogens is 332 g/mol. The second-order valence-corrected chi connectivity index (χ2v) is 5.49. The van der Waals surface area contributed by atoms with Gasteiger partial charge in [-0.2, -0.15) is 5.10 Å². The summed E-state index contributed by atoms with van der Waals surface area (Å²) in [5.41, 5.74) is 3.08. The van der Waals surface area contributed by atoms with Gasteiger partial charge in [-0.1, -0.05) is 36.4 Å². The molecule has 3 aromatic carbocycles. The van der Waals surface area contributed by atoms with Gasteiger partial charge in [0, 0.05) is 5.39 Å². The summed E-state index contributed by atoms with van der Waals surface area (Å²) in [6, 6.07) is 18.2. The van der Waals surface area contributed by atoms with Crippen LogP contribution in [-0.2, 0) is 4.79 Å². The summed E-state index contributed by atoms with van der Waals surface area (Å²) in [5, 5.41) is 15.4. The second-order valence-electron chi connectivity index (χ2n) is 5.49. The molecule has 3 aromatic rings. The van der Waals surface area contributed by atoms with Gasteiger partial charge < -0.3 is 14.6 Å². The fourth-order valence-electron chi connectivity index (χ4n) is 2.45. The highest BCUT2D eigenvalue weighted by Crippen LogP contribution is 2.26. The van der Waals surface area contributed by atoms with E-state index in [-0.39, 0.29) is 18.3 Å². The van der Waals surface area contributed by atoms with Gasteiger partial charge in [-0.25, -0.2) is 5.43 Å². The first-order chi connectivity index (χ1) is 12.7. The zero-order chi connectivity index (χ0) is 18.4. The molecule has 0 fully saturated rings. The maximum Gasteiger partial charge on any atom is 0.277 e. The Bertz CT molecular complexity index is 948. The molecule has 0 aliphatic carbocycles. The molecule has 6 nitrogen and oxygen atoms in total. The van der Waals surface area contributed by atoms with E-state index in [1.54, 1.807) is 12.1 Å². The molecule has 0 radical (unpaired) electrons. The molecular formula is C20H18N2O4. The predicted molar refractivity (Wildman–Crippen MR) is 99.8 cm³/mol. The van der Waals surface area contributed by atoms with Crippen molar-refractivity contribution in [1.82, 2.24) is 5.43 Å². The third-order valence-corrected chi connectivity index (χ3v) is 3.72. The van der Waals surface area contributed by atoms with Crippen LogP contribution in [-0.4, -0.2) is 30.9 Å². The number of phenolic OH excluding ortho intramolecular Hbond substituents is 1. The average Bonchev–Trinajstić information content (AvgIpc) is 2.67. The van der Waals surface area contributed by atoms with Gasteiger partial charge in [0.05, 0.1) is 13.3 Å². The first-order valence-corrected chi connectivity index (χ1v) is 7.97. The van der Waals surface area contributed by atoms with E-state index in [1.807, 2.05) is 42.5 Å². The molecule has 2 N–H and O–H groups in total. The summed E-state index contributed by atoms with van der Waals surface area (Å²) in [7, 11) is 1.46. The van der Waals surface area contributed by atoms with E-state index in [0.717, 1.165) is 10.8 Å². The molecule has 0 spiro atoms. The van der Waals surface area contributed by atoms with Crippen molar-refractivity contribution in [3.63, 3.8) is 0 Å². The van der Waals surface area contributed by atoms with Gasteiger partial charge in [0.25, 0.3) is 5.91 Å². The predicted octanol–water partition coefficient (Wildman–Crippen LogP) is 3.08. The Morgan fingerprint density at radius 3 is 2.77 bits per heavy atom. The zero-order valence-electron chi connectivity index (χ0n) is 14.2. The molecule has 0 heterocycles. The molecule has 26 heavy (non-hydrogen) atoms. The van der Waals surface area contributed by atoms with Crippen LogP contribution in [0.3, 0.4) is 0 Å². The van der Waals surface area contributed by atoms with E-state index in [0.29, 0.717) is 17.1 Å². The topological polar surface area (TPSA) is 80.2 Å². The third-order valence-electron chi connectivity index (χ3n) is 3.72. The Hall–Kier alpha value is -3.54. The Morgan fingerprint density at radius 2 is 1.92 bits per heavy atom. The number of ether oxygens (including phenoxy) is 2. The lowest BCUT2D eigenvalue weighted by molar-refractivity contribution is -0.123. The van der Waals surface area contributed by atoms with Crippen molar-refractivity contribution >= 4 is 22.9 Å². The van der Waals surface area contributed by atoms with Gasteiger partial charge >= 0.3 is 0 Å². The molecule has 1 amide bonds. The highest BCUT2D eigenvalue weighted by molar-refractivity contribution is 5.89. The Morgan fingerprint density at radius 1 is 1.12 bits per heavy atom. The fraction of sp³-hybridized carbons (Fsp3) is 0.100. The van der Waals surface area contributed by atoms with Crippen molar-refractivity contribution < 1.29 is 19.4 Å². The molecule has 0 aliphatic heterocycles. The number of phenols is 1. The van der Waals surface area contributed by atoms with E-state index in [9.17, 15) is 9.90 Å². The number of rotatable bonds is 6. The minimum absolute atomic E-state index is 0.0390. The number of carbonyl (C=O) groups is 1. The van der Waals surface area contributed by atoms with E-state index in [1.165, 1.54) is 19.4 Å². The smallest absolute Gasteiger partial charge is 0.277 e. The molecule has 0 bridgehead atoms. The average molecular weight is 350 g/mol. The first kappa shape index (κ1) is 17.3. The number of fused-ring (bicyclic) bond motifs is 1. The number of hydrogen-bond acceptors (Lipinski definition) is 5. The van der Waals surface area contributed by atoms with Crippen LogP contribution in [0.1, 0.15) is 5.56 Å². The molecule has 132 valence electrons. The maximum absolute atomic E-state index is 11.9. The number of aromatic hydroxyl groups is 1. The summed E-state index contributed by atoms with van der Waals surface area (Å²) in [6.07, 6.45) is 1.46. The van der Waals surface area contributed by atoms with Crippen LogP contribution in [0.15, 0.2) is 65.8 Å². The van der Waals surface area contributed by atoms with Crippen LogP contribution in [0.2, 0.25) is 0 Å². The van der Waals surface area contributed by atoms with Crippen LogP contribution < -0.4 is 14.9 Å². The fourth-order valence-corrected chi connectivity index (χ4v) is 2.45. The van der Waals surface area contributed by atoms with Crippen molar-refractivity contribution in [1.29, 1.82) is 0 Å². The summed E-state index contributed by atoms with van der Waals surface area (Å²) in [5.74, 6) is 0.641. The zero-order valence-corrected chi connectivity index (χ0v) is 14.2. The van der Waals surface area contributed by atoms with E-state index >= 15 is 0 Å². The van der Waals surface area contributed by atoms with Crippen molar-refractivity contribution in [3.8, 4) is 17.2 Å². The molecule has 3 rings (SSSR count). The first-order valence-electron chi connectivity index (χ1n) is 7.97. The van der Waals surface area contributed by atoms with Gasteiger partial charge in [0.15, 0.2) is 18.1 Å². The molecule has 6 heteroatoms. The Kier molecular flexibility index (Phi) is 5.34. The SMILES string of the molecule is COc1cc(/C=N/NC(=O)COc2cccc3ccccc23)ccc1O. The van der Waals surface area contributed by atoms with Crippen LogP contribution in [0.25, 0.3) is 10.8 Å². The molecule has 0 saturated heterocycles. The lowest BCUT2D eigenvalue weighted by Gasteiger charge is -2.08. The van der Waals surface area contributed by atoms with E-state index in [4.69, 9.17) is 9.47 Å². The van der Waals surface area contributed by atoms with Crippen LogP contribution >= 0.6 is 0 Å². The number of hydrogen-bond donors (Lipinski definition) is 2. The van der Waals surface area contributed by atoms with Crippen LogP contribution in [0, 0.1) is 0 Å². The lowest BCUT2D eigenvalue weighted by Crippen LogP contribution is -2.24. The summed E-state index contributed by atoms with van der Waals surface area (Å²) < 4.78 is 10.6. The van der Waals surface area contributed by atoms with Gasteiger partial charge in [-0.15, -0.1) is 0 Å². The Balaban J connectivity index is 1.57. The second kappa shape index (κ2) is 8.02. The minimum Gasteiger partial charge on any atom is -0.504 e. The monoisotopic (exact) mass is 350 g/mol. The molecule has 0 saturated carbocycles. The Labute approximate surface area is 150 Å². The normalized spacial score (nSPS) is 10.8. The number of methoxy groups -OCH3 is 1. The quantitative estimate of drug-likeness (QED) is 0.529. The van der Waals surface area contributed by atoms with Gasteiger partial charge in [-0.3, -0.25) is 4.79 Å². The van der Waals surface area contributed by atoms with Crippen LogP contribution in [0.5, 0.6) is 17.2 Å². The van der Waals surface area contributed by atoms with E-state index in [2.05, 4.69) is 10.5 Å². The highest BCUT2D eigenvalue weighted by atomic mass is 16.5. The number of benzene rings is 3. The number of hydrazone groups is 1. The third kappa shape index (κ3) is 4.10. The molecule has 0 atom stereocenters. The van der Waals surface area contributed by atoms with Gasteiger partial charge in [-0.05, 0) is 35.2 Å². The number of amides is 1. The van der Waals surface area contributed by atoms with Crippen molar-refractivity contribution in [2.45, 2.75) is 0 Å². The summed E-state index contributed by atoms with van der Waals surface area (Å²) >= 11 is 0. The molecule has 0 aliphatic rings. The molecule has 0 aromatic heterocycles. The van der Waals surface area contributed by atoms with Crippen molar-refractivity contribution in [2.24, 2.45) is 5.10 Å². The number of nitrogens with zero attached hydrogens (tertiary/aromatic N) is 1. The van der Waals surface area contributed by atoms with Crippen molar-refractivity contribution in [3.05, 3.63) is 66.2 Å². The maximum atomic E-state index is 11.9. The van der Waals surface area contributed by atoms with Gasteiger partial charge in [0.2, 0.25) is 0 Å². The summed E-state index contributed by atoms with van der Waals surface area (Å²) in [4.78, 5) is 11.9. The number of carbonyl (C=O) groups excluding carboxylic acids is 1. The summed E-state index contributed by atoms with van der Waals surface area (Å²) in [6.45, 7) is -0.149. The highest BCUT2D eigenvalue weighted by Gasteiger charge is 2.05. The van der Waals surface area contributed by atoms with Crippen molar-refractivity contribution in [2.75, 3.05) is 13.7 Å². The minimum atomic E-state index is -0.375. The van der Waals surface area contributed by atoms with E-state index < -0.39 is 0 Å². The van der Waals surface area contributed by atoms with Crippen LogP contribution in [0.4, 0.5) is 0 Å². The largest absolute Gasteiger partial charge is 0.504 e. The number of nitrogens with one attached hydrogen (secondary N) is 1. The molecule has 0 unspecified atom stereocenters. The standard InChI is InChI=1S/C20H18N2O4/c1-25-19-11-14(9-10-17(19)23)12-21-22-20(24)13-26-18-8-4-6-15-5-2-3-7-16(15)18/h2-12,23H,13H2,1H3,(H,22,24)/b21-12+.